The van der Waals surface area contributed by atoms with E-state index in [1.54, 1.807) is 0 Å². The molecule has 27 heavy (non-hydrogen) atoms. The molecular formula is C23H31NO3. The minimum Gasteiger partial charge on any atom is -0.492 e. The Hall–Kier alpha value is -2.49. The maximum absolute atomic E-state index is 12.3. The van der Waals surface area contributed by atoms with Crippen molar-refractivity contribution in [3.63, 3.8) is 0 Å². The van der Waals surface area contributed by atoms with Gasteiger partial charge < -0.3 is 14.8 Å². The van der Waals surface area contributed by atoms with E-state index >= 15 is 0 Å². The average Bonchev–Trinajstić information content (AvgIpc) is 2.64. The number of hydrogen-bond donors (Lipinski definition) is 1. The van der Waals surface area contributed by atoms with Crippen molar-refractivity contribution in [1.82, 2.24) is 5.32 Å². The molecule has 0 radical (unpaired) electrons. The summed E-state index contributed by atoms with van der Waals surface area (Å²) in [5.74, 6) is 1.39. The van der Waals surface area contributed by atoms with Crippen molar-refractivity contribution in [2.75, 3.05) is 13.2 Å². The van der Waals surface area contributed by atoms with Gasteiger partial charge in [-0.15, -0.1) is 0 Å². The Morgan fingerprint density at radius 2 is 1.59 bits per heavy atom. The molecule has 4 nitrogen and oxygen atoms in total. The van der Waals surface area contributed by atoms with E-state index in [1.165, 1.54) is 5.56 Å². The van der Waals surface area contributed by atoms with Crippen LogP contribution in [0.2, 0.25) is 0 Å². The second-order valence-electron chi connectivity index (χ2n) is 7.74. The molecule has 1 amide bonds. The second-order valence-corrected chi connectivity index (χ2v) is 7.74. The number of benzene rings is 2. The molecule has 0 spiro atoms. The second kappa shape index (κ2) is 9.45. The summed E-state index contributed by atoms with van der Waals surface area (Å²) in [5.41, 5.74) is 2.55. The van der Waals surface area contributed by atoms with Gasteiger partial charge in [0.2, 0.25) is 0 Å². The van der Waals surface area contributed by atoms with E-state index in [4.69, 9.17) is 9.47 Å². The van der Waals surface area contributed by atoms with Gasteiger partial charge in [-0.25, -0.2) is 0 Å². The van der Waals surface area contributed by atoms with Crippen molar-refractivity contribution in [1.29, 1.82) is 0 Å². The molecule has 2 aromatic rings. The third-order valence-corrected chi connectivity index (χ3v) is 4.35. The Kier molecular flexibility index (Phi) is 7.28. The van der Waals surface area contributed by atoms with Crippen molar-refractivity contribution in [3.05, 3.63) is 59.7 Å². The van der Waals surface area contributed by atoms with Crippen LogP contribution in [0.15, 0.2) is 48.5 Å². The SMILES string of the molecule is CCC(Oc1ccc(C)cc1)C(=O)NCCOc1ccc(C(C)(C)C)cc1. The van der Waals surface area contributed by atoms with Gasteiger partial charge in [0.05, 0.1) is 6.54 Å². The van der Waals surface area contributed by atoms with Gasteiger partial charge in [0.1, 0.15) is 18.1 Å². The lowest BCUT2D eigenvalue weighted by molar-refractivity contribution is -0.128. The molecule has 146 valence electrons. The zero-order valence-corrected chi connectivity index (χ0v) is 17.0. The molecule has 0 aliphatic carbocycles. The van der Waals surface area contributed by atoms with E-state index in [9.17, 15) is 4.79 Å². The molecular weight excluding hydrogens is 338 g/mol. The molecule has 2 aromatic carbocycles. The standard InChI is InChI=1S/C23H31NO3/c1-6-21(27-20-11-7-17(2)8-12-20)22(25)24-15-16-26-19-13-9-18(10-14-19)23(3,4)5/h7-14,21H,6,15-16H2,1-5H3,(H,24,25). The lowest BCUT2D eigenvalue weighted by atomic mass is 9.87. The Labute approximate surface area is 162 Å². The fourth-order valence-corrected chi connectivity index (χ4v) is 2.61. The fraction of sp³-hybridized carbons (Fsp3) is 0.435. The molecule has 0 saturated carbocycles. The van der Waals surface area contributed by atoms with Gasteiger partial charge in [-0.1, -0.05) is 57.5 Å². The third-order valence-electron chi connectivity index (χ3n) is 4.35. The third kappa shape index (κ3) is 6.63. The summed E-state index contributed by atoms with van der Waals surface area (Å²) in [6.07, 6.45) is 0.105. The van der Waals surface area contributed by atoms with Crippen molar-refractivity contribution in [2.24, 2.45) is 0 Å². The topological polar surface area (TPSA) is 47.6 Å². The number of nitrogens with one attached hydrogen (secondary N) is 1. The zero-order valence-electron chi connectivity index (χ0n) is 17.0. The molecule has 0 saturated heterocycles. The zero-order chi connectivity index (χ0) is 19.9. The first-order chi connectivity index (χ1) is 12.8. The molecule has 0 bridgehead atoms. The normalized spacial score (nSPS) is 12.3. The number of carbonyl (C=O) groups excluding carboxylic acids is 1. The van der Waals surface area contributed by atoms with Crippen LogP contribution in [0.3, 0.4) is 0 Å². The number of amides is 1. The molecule has 1 N–H and O–H groups in total. The monoisotopic (exact) mass is 369 g/mol. The van der Waals surface area contributed by atoms with Gasteiger partial charge in [0.25, 0.3) is 5.91 Å². The van der Waals surface area contributed by atoms with Crippen molar-refractivity contribution in [2.45, 2.75) is 52.6 Å². The quantitative estimate of drug-likeness (QED) is 0.689. The van der Waals surface area contributed by atoms with Crippen LogP contribution < -0.4 is 14.8 Å². The maximum Gasteiger partial charge on any atom is 0.261 e. The van der Waals surface area contributed by atoms with Crippen LogP contribution >= 0.6 is 0 Å². The van der Waals surface area contributed by atoms with E-state index in [1.807, 2.05) is 50.2 Å². The number of carbonyl (C=O) groups is 1. The molecule has 0 aliphatic rings. The number of rotatable bonds is 8. The molecule has 0 aromatic heterocycles. The number of hydrogen-bond acceptors (Lipinski definition) is 3. The van der Waals surface area contributed by atoms with Crippen LogP contribution in [0.4, 0.5) is 0 Å². The smallest absolute Gasteiger partial charge is 0.261 e. The summed E-state index contributed by atoms with van der Waals surface area (Å²) in [4.78, 5) is 12.3. The molecule has 0 fully saturated rings. The van der Waals surface area contributed by atoms with Crippen LogP contribution in [-0.4, -0.2) is 25.2 Å². The summed E-state index contributed by atoms with van der Waals surface area (Å²) in [6.45, 7) is 11.4. The van der Waals surface area contributed by atoms with Crippen molar-refractivity contribution in [3.8, 4) is 11.5 Å². The fourth-order valence-electron chi connectivity index (χ4n) is 2.61. The molecule has 0 aliphatic heterocycles. The highest BCUT2D eigenvalue weighted by molar-refractivity contribution is 5.81. The van der Waals surface area contributed by atoms with Gasteiger partial charge in [0.15, 0.2) is 6.10 Å². The van der Waals surface area contributed by atoms with Gasteiger partial charge in [-0.2, -0.15) is 0 Å². The maximum atomic E-state index is 12.3. The van der Waals surface area contributed by atoms with Gasteiger partial charge in [0, 0.05) is 0 Å². The van der Waals surface area contributed by atoms with Crippen LogP contribution in [0, 0.1) is 6.92 Å². The van der Waals surface area contributed by atoms with Crippen molar-refractivity contribution < 1.29 is 14.3 Å². The predicted octanol–water partition coefficient (Wildman–Crippen LogP) is 4.65. The highest BCUT2D eigenvalue weighted by Gasteiger charge is 2.18. The molecule has 1 atom stereocenters. The van der Waals surface area contributed by atoms with Crippen LogP contribution in [0.1, 0.15) is 45.2 Å². The highest BCUT2D eigenvalue weighted by Crippen LogP contribution is 2.24. The van der Waals surface area contributed by atoms with Gasteiger partial charge in [-0.05, 0) is 48.6 Å². The molecule has 4 heteroatoms. The minimum absolute atomic E-state index is 0.121. The summed E-state index contributed by atoms with van der Waals surface area (Å²) in [6, 6.07) is 15.8. The lowest BCUT2D eigenvalue weighted by Crippen LogP contribution is -2.39. The van der Waals surface area contributed by atoms with Crippen LogP contribution in [-0.2, 0) is 10.2 Å². The Morgan fingerprint density at radius 1 is 1.00 bits per heavy atom. The molecule has 1 unspecified atom stereocenters. The lowest BCUT2D eigenvalue weighted by Gasteiger charge is -2.19. The predicted molar refractivity (Wildman–Crippen MR) is 110 cm³/mol. The Balaban J connectivity index is 1.76. The largest absolute Gasteiger partial charge is 0.492 e. The van der Waals surface area contributed by atoms with Crippen molar-refractivity contribution >= 4 is 5.91 Å². The summed E-state index contributed by atoms with van der Waals surface area (Å²) < 4.78 is 11.5. The van der Waals surface area contributed by atoms with Crippen LogP contribution in [0.5, 0.6) is 11.5 Å². The molecule has 0 heterocycles. The van der Waals surface area contributed by atoms with Gasteiger partial charge >= 0.3 is 0 Å². The Bertz CT molecular complexity index is 715. The molecule has 2 rings (SSSR count). The van der Waals surface area contributed by atoms with E-state index in [2.05, 4.69) is 38.2 Å². The van der Waals surface area contributed by atoms with E-state index < -0.39 is 6.10 Å². The minimum atomic E-state index is -0.501. The average molecular weight is 370 g/mol. The van der Waals surface area contributed by atoms with Gasteiger partial charge in [-0.3, -0.25) is 4.79 Å². The van der Waals surface area contributed by atoms with E-state index in [0.29, 0.717) is 25.3 Å². The highest BCUT2D eigenvalue weighted by atomic mass is 16.5. The first kappa shape index (κ1) is 20.8. The number of ether oxygens (including phenoxy) is 2. The number of aryl methyl sites for hydroxylation is 1. The summed E-state index contributed by atoms with van der Waals surface area (Å²) in [5, 5.41) is 2.88. The first-order valence-electron chi connectivity index (χ1n) is 9.54. The van der Waals surface area contributed by atoms with E-state index in [-0.39, 0.29) is 11.3 Å². The van der Waals surface area contributed by atoms with Crippen LogP contribution in [0.25, 0.3) is 0 Å². The Morgan fingerprint density at radius 3 is 2.15 bits per heavy atom. The summed E-state index contributed by atoms with van der Waals surface area (Å²) >= 11 is 0. The summed E-state index contributed by atoms with van der Waals surface area (Å²) in [7, 11) is 0. The van der Waals surface area contributed by atoms with E-state index in [0.717, 1.165) is 11.3 Å². The first-order valence-corrected chi connectivity index (χ1v) is 9.54.